The van der Waals surface area contributed by atoms with Gasteiger partial charge >= 0.3 is 6.80 Å². The fraction of sp³-hybridized carbons (Fsp3) is 0.478. The topological polar surface area (TPSA) is 217 Å². The molecule has 3 aromatic heterocycles. The molecule has 4 N–H and O–H groups in total. The summed E-state index contributed by atoms with van der Waals surface area (Å²) < 4.78 is 65.9. The van der Waals surface area contributed by atoms with E-state index in [2.05, 4.69) is 32.2 Å². The smallest absolute Gasteiger partial charge is 0.386 e. The quantitative estimate of drug-likeness (QED) is 0.138. The average molecular weight is 667 g/mol. The Hall–Kier alpha value is -2.41. The van der Waals surface area contributed by atoms with Crippen LogP contribution in [0.25, 0.3) is 22.2 Å². The number of nitrogens with zero attached hydrogens (tertiary/aromatic N) is 6. The first-order chi connectivity index (χ1) is 21.1. The molecule has 0 amide bonds. The van der Waals surface area contributed by atoms with Gasteiger partial charge in [0, 0.05) is 0 Å². The lowest BCUT2D eigenvalue weighted by molar-refractivity contribution is -0.0576. The lowest BCUT2D eigenvalue weighted by atomic mass is 10.1. The normalized spacial score (nSPS) is 38.2. The molecule has 2 bridgehead atoms. The van der Waals surface area contributed by atoms with Crippen LogP contribution >= 0.6 is 26.5 Å². The van der Waals surface area contributed by atoms with Crippen LogP contribution in [0.15, 0.2) is 43.2 Å². The predicted molar refractivity (Wildman–Crippen MR) is 158 cm³/mol. The third-order valence-corrected chi connectivity index (χ3v) is 11.3. The van der Waals surface area contributed by atoms with Crippen LogP contribution in [-0.4, -0.2) is 96.1 Å². The molecule has 10 atom stereocenters. The summed E-state index contributed by atoms with van der Waals surface area (Å²) in [6.07, 6.45) is -5.67. The molecule has 1 aromatic carbocycles. The molecule has 0 radical (unpaired) electrons. The largest absolute Gasteiger partial charge is 0.387 e. The zero-order valence-corrected chi connectivity index (χ0v) is 25.7. The van der Waals surface area contributed by atoms with Gasteiger partial charge in [-0.15, -0.1) is 0 Å². The lowest BCUT2D eigenvalue weighted by Gasteiger charge is -2.27. The number of thiol groups is 1. The monoisotopic (exact) mass is 667 g/mol. The molecule has 3 aliphatic heterocycles. The number of nitrogen functional groups attached to an aromatic ring is 1. The first-order valence-corrected chi connectivity index (χ1v) is 18.1. The van der Waals surface area contributed by atoms with Gasteiger partial charge in [-0.2, -0.15) is 0 Å². The molecule has 234 valence electrons. The SMILES string of the molecule is CBP1(=O)OCC2OC(n3cnc4c(N)ncnc43)C(OP(=O)(S)OCC3OC(n4cnc5ccccc54)C(O)C3O1)C2O. The van der Waals surface area contributed by atoms with Crippen LogP contribution in [0.1, 0.15) is 12.5 Å². The fourth-order valence-corrected chi connectivity index (χ4v) is 8.42. The van der Waals surface area contributed by atoms with Crippen LogP contribution in [0, 0.1) is 0 Å². The van der Waals surface area contributed by atoms with Crippen molar-refractivity contribution < 1.29 is 46.9 Å². The second-order valence-electron chi connectivity index (χ2n) is 10.5. The summed E-state index contributed by atoms with van der Waals surface area (Å²) in [4.78, 5) is 16.7. The first kappa shape index (κ1) is 30.3. The van der Waals surface area contributed by atoms with E-state index in [9.17, 15) is 19.3 Å². The van der Waals surface area contributed by atoms with E-state index in [-0.39, 0.29) is 24.0 Å². The zero-order valence-electron chi connectivity index (χ0n) is 23.0. The highest BCUT2D eigenvalue weighted by atomic mass is 32.7. The van der Waals surface area contributed by atoms with E-state index in [1.54, 1.807) is 23.5 Å². The first-order valence-electron chi connectivity index (χ1n) is 13.7. The van der Waals surface area contributed by atoms with Gasteiger partial charge in [0.05, 0.1) is 36.9 Å². The van der Waals surface area contributed by atoms with Gasteiger partial charge in [-0.1, -0.05) is 31.2 Å². The summed E-state index contributed by atoms with van der Waals surface area (Å²) in [7, 11) is -3.93. The van der Waals surface area contributed by atoms with Gasteiger partial charge in [0.2, 0.25) is 0 Å². The Kier molecular flexibility index (Phi) is 7.87. The maximum atomic E-state index is 13.9. The summed E-state index contributed by atoms with van der Waals surface area (Å²) in [6, 6.07) is 7.25. The molecule has 3 saturated heterocycles. The van der Waals surface area contributed by atoms with Crippen LogP contribution < -0.4 is 5.73 Å². The molecule has 7 rings (SSSR count). The molecule has 0 saturated carbocycles. The Balaban J connectivity index is 1.21. The molecule has 17 nitrogen and oxygen atoms in total. The van der Waals surface area contributed by atoms with Crippen LogP contribution in [0.2, 0.25) is 6.82 Å². The minimum absolute atomic E-state index is 0.0813. The van der Waals surface area contributed by atoms with Gasteiger partial charge in [-0.3, -0.25) is 18.2 Å². The Bertz CT molecular complexity index is 1800. The van der Waals surface area contributed by atoms with Crippen molar-refractivity contribution in [1.82, 2.24) is 29.1 Å². The van der Waals surface area contributed by atoms with E-state index >= 15 is 0 Å². The van der Waals surface area contributed by atoms with E-state index in [0.29, 0.717) is 11.0 Å². The van der Waals surface area contributed by atoms with Gasteiger partial charge in [0.1, 0.15) is 48.5 Å². The summed E-state index contributed by atoms with van der Waals surface area (Å²) in [5.41, 5.74) is 7.81. The maximum absolute atomic E-state index is 13.9. The van der Waals surface area contributed by atoms with Gasteiger partial charge in [0.15, 0.2) is 23.9 Å². The number of aliphatic hydroxyl groups excluding tert-OH is 2. The lowest BCUT2D eigenvalue weighted by Crippen LogP contribution is -2.36. The number of hydrogen-bond donors (Lipinski definition) is 4. The molecule has 3 fully saturated rings. The van der Waals surface area contributed by atoms with Crippen LogP contribution in [0.3, 0.4) is 0 Å². The van der Waals surface area contributed by atoms with Crippen molar-refractivity contribution in [3.63, 3.8) is 0 Å². The van der Waals surface area contributed by atoms with Crippen molar-refractivity contribution in [1.29, 1.82) is 0 Å². The number of rotatable bonds is 3. The second-order valence-corrected chi connectivity index (χ2v) is 15.7. The number of nitrogens with two attached hydrogens (primary N) is 1. The Morgan fingerprint density at radius 2 is 1.68 bits per heavy atom. The Morgan fingerprint density at radius 1 is 0.932 bits per heavy atom. The van der Waals surface area contributed by atoms with Crippen LogP contribution in [0.4, 0.5) is 5.82 Å². The Morgan fingerprint density at radius 3 is 2.50 bits per heavy atom. The molecular formula is C23H28BN7O10P2S. The van der Waals surface area contributed by atoms with Gasteiger partial charge < -0.3 is 39.0 Å². The van der Waals surface area contributed by atoms with E-state index < -0.39 is 76.6 Å². The number of para-hydroxylation sites is 2. The minimum atomic E-state index is -4.25. The molecule has 10 unspecified atom stereocenters. The zero-order chi connectivity index (χ0) is 30.8. The van der Waals surface area contributed by atoms with Crippen molar-refractivity contribution in [2.75, 3.05) is 18.9 Å². The van der Waals surface area contributed by atoms with Gasteiger partial charge in [-0.25, -0.2) is 24.5 Å². The van der Waals surface area contributed by atoms with E-state index in [1.165, 1.54) is 23.5 Å². The molecule has 6 heterocycles. The minimum Gasteiger partial charge on any atom is -0.387 e. The number of fused-ring (bicyclic) bond motifs is 5. The number of benzene rings is 1. The highest BCUT2D eigenvalue weighted by Gasteiger charge is 2.53. The molecule has 0 spiro atoms. The molecule has 3 aliphatic rings. The number of imidazole rings is 2. The summed E-state index contributed by atoms with van der Waals surface area (Å²) in [5, 5.41) is 22.6. The number of ether oxygens (including phenoxy) is 2. The number of anilines is 1. The van der Waals surface area contributed by atoms with Crippen molar-refractivity contribution >= 4 is 61.5 Å². The van der Waals surface area contributed by atoms with Crippen LogP contribution in [0.5, 0.6) is 0 Å². The molecule has 44 heavy (non-hydrogen) atoms. The third kappa shape index (κ3) is 5.29. The highest BCUT2D eigenvalue weighted by molar-refractivity contribution is 8.44. The van der Waals surface area contributed by atoms with Gasteiger partial charge in [-0.05, 0) is 12.1 Å². The standard InChI is InChI=1S/C23H28BN7O10P2S/c1-24-42(34)36-6-13-16(32)19(23(38-13)31-10-29-15-20(25)26-8-27-21(15)31)41-43(35,44)37-7-14-18(40-42)17(33)22(39-14)30-9-28-11-4-2-3-5-12(11)30/h2-5,8-10,13-14,16-19,22-24,32-33H,6-7H2,1H3,(H,35,44)(H2,25,26,27). The second kappa shape index (κ2) is 11.4. The molecule has 4 aromatic rings. The van der Waals surface area contributed by atoms with Gasteiger partial charge in [0.25, 0.3) is 14.5 Å². The van der Waals surface area contributed by atoms with E-state index in [0.717, 1.165) is 0 Å². The summed E-state index contributed by atoms with van der Waals surface area (Å²) in [6.45, 7) is -3.60. The Labute approximate surface area is 255 Å². The summed E-state index contributed by atoms with van der Waals surface area (Å²) >= 11 is 4.16. The van der Waals surface area contributed by atoms with E-state index in [4.69, 9.17) is 33.3 Å². The van der Waals surface area contributed by atoms with Crippen LogP contribution in [-0.2, 0) is 36.7 Å². The highest BCUT2D eigenvalue weighted by Crippen LogP contribution is 2.58. The number of aliphatic hydroxyl groups is 2. The number of hydrogen-bond acceptors (Lipinski definition) is 15. The van der Waals surface area contributed by atoms with Crippen molar-refractivity contribution in [2.45, 2.75) is 55.9 Å². The molecule has 21 heteroatoms. The molecular weight excluding hydrogens is 639 g/mol. The third-order valence-electron chi connectivity index (χ3n) is 7.80. The van der Waals surface area contributed by atoms with Crippen molar-refractivity contribution in [3.05, 3.63) is 43.2 Å². The predicted octanol–water partition coefficient (Wildman–Crippen LogP) is 1.42. The van der Waals surface area contributed by atoms with Crippen molar-refractivity contribution in [3.8, 4) is 0 Å². The average Bonchev–Trinajstić information content (AvgIpc) is 3.76. The maximum Gasteiger partial charge on any atom is 0.386 e. The number of aromatic nitrogens is 6. The fourth-order valence-electron chi connectivity index (χ4n) is 5.57. The van der Waals surface area contributed by atoms with E-state index in [1.807, 2.05) is 12.1 Å². The molecule has 0 aliphatic carbocycles. The van der Waals surface area contributed by atoms with Crippen molar-refractivity contribution in [2.24, 2.45) is 0 Å². The summed E-state index contributed by atoms with van der Waals surface area (Å²) in [5.74, 6) is 0.117.